The molecule has 0 N–H and O–H groups in total. The first-order valence-corrected chi connectivity index (χ1v) is 34.2. The number of amides is 1. The van der Waals surface area contributed by atoms with Crippen molar-refractivity contribution in [1.82, 2.24) is 9.80 Å². The van der Waals surface area contributed by atoms with Gasteiger partial charge in [-0.1, -0.05) is 262 Å². The Kier molecular flexibility index (Phi) is 55.6. The molecule has 0 aliphatic rings. The van der Waals surface area contributed by atoms with E-state index in [4.69, 9.17) is 9.47 Å². The maximum absolute atomic E-state index is 14.0. The van der Waals surface area contributed by atoms with Gasteiger partial charge in [0.2, 0.25) is 5.91 Å². The molecule has 0 bridgehead atoms. The van der Waals surface area contributed by atoms with Gasteiger partial charge in [-0.3, -0.25) is 14.4 Å². The molecule has 0 saturated heterocycles. The van der Waals surface area contributed by atoms with E-state index >= 15 is 0 Å². The number of ether oxygens (including phenoxy) is 2. The molecular weight excluding hydrogens is 929 g/mol. The summed E-state index contributed by atoms with van der Waals surface area (Å²) in [5.74, 6) is 3.82. The maximum atomic E-state index is 14.0. The fraction of sp³-hybridized carbons (Fsp3) is 0.952. The molecule has 72 heavy (non-hydrogen) atoms. The van der Waals surface area contributed by atoms with E-state index in [2.05, 4.69) is 58.5 Å². The summed E-state index contributed by atoms with van der Waals surface area (Å²) < 4.78 is 11.5. The van der Waals surface area contributed by atoms with Crippen LogP contribution in [0.25, 0.3) is 0 Å². The van der Waals surface area contributed by atoms with Gasteiger partial charge in [0, 0.05) is 43.4 Å². The quantitative estimate of drug-likeness (QED) is 0.0339. The number of carbonyl (C=O) groups excluding carboxylic acids is 3. The number of hydrogen-bond donors (Lipinski definition) is 0. The minimum atomic E-state index is -0.00677. The van der Waals surface area contributed by atoms with Crippen LogP contribution < -0.4 is 0 Å². The molecule has 0 aliphatic carbocycles. The highest BCUT2D eigenvalue weighted by atomic mass is 33.1. The van der Waals surface area contributed by atoms with Crippen molar-refractivity contribution < 1.29 is 23.9 Å². The third-order valence-electron chi connectivity index (χ3n) is 15.1. The Hall–Kier alpha value is -0.930. The molecule has 0 fully saturated rings. The van der Waals surface area contributed by atoms with Gasteiger partial charge in [-0.05, 0) is 90.3 Å². The zero-order valence-corrected chi connectivity index (χ0v) is 51.0. The molecular formula is C63H124N2O5S2. The molecule has 0 heterocycles. The summed E-state index contributed by atoms with van der Waals surface area (Å²) >= 11 is 0. The molecule has 0 aromatic carbocycles. The number of unbranched alkanes of at least 4 members (excludes halogenated alkanes) is 25. The first kappa shape index (κ1) is 71.1. The van der Waals surface area contributed by atoms with E-state index in [-0.39, 0.29) is 11.9 Å². The van der Waals surface area contributed by atoms with Crippen LogP contribution in [0, 0.1) is 11.8 Å². The summed E-state index contributed by atoms with van der Waals surface area (Å²) in [5, 5.41) is 0. The van der Waals surface area contributed by atoms with Gasteiger partial charge in [-0.2, -0.15) is 0 Å². The molecule has 0 aromatic heterocycles. The smallest absolute Gasteiger partial charge is 0.305 e. The molecule has 428 valence electrons. The van der Waals surface area contributed by atoms with Crippen molar-refractivity contribution in [2.75, 3.05) is 51.9 Å². The first-order chi connectivity index (χ1) is 35.2. The lowest BCUT2D eigenvalue weighted by molar-refractivity contribution is -0.145. The summed E-state index contributed by atoms with van der Waals surface area (Å²) in [6.45, 7) is 14.5. The summed E-state index contributed by atoms with van der Waals surface area (Å²) in [6.07, 6.45) is 51.5. The molecule has 7 nitrogen and oxygen atoms in total. The molecule has 0 radical (unpaired) electrons. The van der Waals surface area contributed by atoms with E-state index < -0.39 is 0 Å². The van der Waals surface area contributed by atoms with Crippen molar-refractivity contribution in [3.8, 4) is 0 Å². The highest BCUT2D eigenvalue weighted by Gasteiger charge is 2.23. The van der Waals surface area contributed by atoms with Crippen molar-refractivity contribution >= 4 is 39.4 Å². The average Bonchev–Trinajstić information content (AvgIpc) is 3.36. The third-order valence-corrected chi connectivity index (χ3v) is 17.6. The Morgan fingerprint density at radius 1 is 0.361 bits per heavy atom. The number of nitrogens with zero attached hydrogens (tertiary/aromatic N) is 2. The van der Waals surface area contributed by atoms with Crippen LogP contribution in [-0.4, -0.2) is 85.6 Å². The lowest BCUT2D eigenvalue weighted by Gasteiger charge is -2.33. The highest BCUT2D eigenvalue weighted by molar-refractivity contribution is 8.76. The molecule has 0 rings (SSSR count). The third kappa shape index (κ3) is 48.7. The van der Waals surface area contributed by atoms with E-state index in [9.17, 15) is 14.4 Å². The predicted molar refractivity (Wildman–Crippen MR) is 319 cm³/mol. The topological polar surface area (TPSA) is 76.2 Å². The Morgan fingerprint density at radius 2 is 0.708 bits per heavy atom. The maximum Gasteiger partial charge on any atom is 0.305 e. The molecule has 1 amide bonds. The molecule has 0 unspecified atom stereocenters. The monoisotopic (exact) mass is 1050 g/mol. The predicted octanol–water partition coefficient (Wildman–Crippen LogP) is 19.7. The largest absolute Gasteiger partial charge is 0.466 e. The van der Waals surface area contributed by atoms with Crippen LogP contribution in [-0.2, 0) is 23.9 Å². The average molecular weight is 1050 g/mol. The van der Waals surface area contributed by atoms with Crippen LogP contribution >= 0.6 is 21.6 Å². The van der Waals surface area contributed by atoms with Gasteiger partial charge in [-0.25, -0.2) is 0 Å². The highest BCUT2D eigenvalue weighted by Crippen LogP contribution is 2.27. The van der Waals surface area contributed by atoms with Gasteiger partial charge in [-0.15, -0.1) is 0 Å². The normalized spacial score (nSPS) is 11.8. The van der Waals surface area contributed by atoms with E-state index in [0.29, 0.717) is 56.3 Å². The first-order valence-electron chi connectivity index (χ1n) is 31.7. The lowest BCUT2D eigenvalue weighted by Crippen LogP contribution is -2.41. The van der Waals surface area contributed by atoms with Crippen LogP contribution in [0.4, 0.5) is 0 Å². The number of hydrogen-bond acceptors (Lipinski definition) is 8. The number of rotatable bonds is 58. The summed E-state index contributed by atoms with van der Waals surface area (Å²) in [7, 11) is 8.12. The van der Waals surface area contributed by atoms with Gasteiger partial charge in [0.15, 0.2) is 0 Å². The summed E-state index contributed by atoms with van der Waals surface area (Å²) in [5.41, 5.74) is 0. The van der Waals surface area contributed by atoms with Gasteiger partial charge in [0.05, 0.1) is 13.2 Å². The molecule has 0 aromatic rings. The number of carbonyl (C=O) groups is 3. The van der Waals surface area contributed by atoms with Crippen molar-refractivity contribution in [3.05, 3.63) is 0 Å². The summed E-state index contributed by atoms with van der Waals surface area (Å²) in [6, 6.07) is 0.308. The molecule has 0 aliphatic heterocycles. The lowest BCUT2D eigenvalue weighted by atomic mass is 9.92. The fourth-order valence-electron chi connectivity index (χ4n) is 10.3. The van der Waals surface area contributed by atoms with Crippen LogP contribution in [0.5, 0.6) is 0 Å². The standard InChI is InChI=1S/C63H124N2O5S2/c1-8-13-18-30-41-58(42-31-19-14-9-2)49-54-69-62(67)47-36-28-24-22-26-34-45-60(65(53-39-38-52-64(6)7)61(66)51-57-72-71-56-40-17-12-5)46-35-27-23-25-29-37-48-63(68)70-55-50-59(43-32-20-15-10-3)44-33-21-16-11-4/h58-60H,8-57H2,1-7H3. The van der Waals surface area contributed by atoms with Crippen LogP contribution in [0.2, 0.25) is 0 Å². The van der Waals surface area contributed by atoms with E-state index in [0.717, 1.165) is 109 Å². The zero-order valence-electron chi connectivity index (χ0n) is 49.3. The van der Waals surface area contributed by atoms with Crippen molar-refractivity contribution in [2.24, 2.45) is 11.8 Å². The molecule has 0 spiro atoms. The molecule has 9 heteroatoms. The number of esters is 2. The van der Waals surface area contributed by atoms with Crippen LogP contribution in [0.3, 0.4) is 0 Å². The minimum Gasteiger partial charge on any atom is -0.466 e. The second kappa shape index (κ2) is 56.3. The second-order valence-electron chi connectivity index (χ2n) is 22.3. The van der Waals surface area contributed by atoms with Gasteiger partial charge in [0.25, 0.3) is 0 Å². The zero-order chi connectivity index (χ0) is 52.8. The van der Waals surface area contributed by atoms with Crippen molar-refractivity contribution in [1.29, 1.82) is 0 Å². The second-order valence-corrected chi connectivity index (χ2v) is 25.0. The van der Waals surface area contributed by atoms with Crippen LogP contribution in [0.1, 0.15) is 317 Å². The van der Waals surface area contributed by atoms with Crippen molar-refractivity contribution in [3.63, 3.8) is 0 Å². The molecule has 0 atom stereocenters. The van der Waals surface area contributed by atoms with Gasteiger partial charge in [0.1, 0.15) is 0 Å². The van der Waals surface area contributed by atoms with Crippen LogP contribution in [0.15, 0.2) is 0 Å². The Labute approximate surface area is 457 Å². The van der Waals surface area contributed by atoms with Gasteiger partial charge >= 0.3 is 11.9 Å². The SMILES string of the molecule is CCCCCCC(CCCCCC)CCOC(=O)CCCCCCCCC(CCCCCCCCC(=O)OCCC(CCCCCC)CCCCCC)N(CCCCN(C)C)C(=O)CCSSCCCCC. The fourth-order valence-corrected chi connectivity index (χ4v) is 12.4. The van der Waals surface area contributed by atoms with Gasteiger partial charge < -0.3 is 19.3 Å². The van der Waals surface area contributed by atoms with Crippen molar-refractivity contribution in [2.45, 2.75) is 323 Å². The van der Waals surface area contributed by atoms with E-state index in [1.54, 1.807) is 0 Å². The summed E-state index contributed by atoms with van der Waals surface area (Å²) in [4.78, 5) is 43.9. The van der Waals surface area contributed by atoms with E-state index in [1.165, 1.54) is 179 Å². The van der Waals surface area contributed by atoms with E-state index in [1.807, 2.05) is 21.6 Å². The minimum absolute atomic E-state index is 0.00677. The molecule has 0 saturated carbocycles. The Balaban J connectivity index is 5.03. The Bertz CT molecular complexity index is 1070. The Morgan fingerprint density at radius 3 is 1.12 bits per heavy atom.